The normalized spacial score (nSPS) is 9.93. The Hall–Kier alpha value is -3.93. The van der Waals surface area contributed by atoms with Gasteiger partial charge in [-0.15, -0.1) is 0 Å². The van der Waals surface area contributed by atoms with Crippen molar-refractivity contribution in [2.24, 2.45) is 0 Å². The van der Waals surface area contributed by atoms with Crippen LogP contribution in [0.1, 0.15) is 135 Å². The first-order valence-electron chi connectivity index (χ1n) is 17.1. The van der Waals surface area contributed by atoms with Gasteiger partial charge in [-0.1, -0.05) is 153 Å². The molecule has 0 aliphatic rings. The van der Waals surface area contributed by atoms with E-state index >= 15 is 0 Å². The minimum Gasteiger partial charge on any atom is -0.205 e. The molecule has 0 aliphatic heterocycles. The predicted octanol–water partition coefficient (Wildman–Crippen LogP) is 8.88. The van der Waals surface area contributed by atoms with E-state index in [1.807, 2.05) is 0 Å². The van der Waals surface area contributed by atoms with E-state index in [1.165, 1.54) is 159 Å². The second-order valence-corrected chi connectivity index (χ2v) is 11.6. The molecule has 1 heterocycles. The lowest BCUT2D eigenvalue weighted by Gasteiger charge is -2.04. The summed E-state index contributed by atoms with van der Waals surface area (Å²) in [6.07, 6.45) is 33.4. The van der Waals surface area contributed by atoms with Crippen molar-refractivity contribution in [2.45, 2.75) is 142 Å². The van der Waals surface area contributed by atoms with Crippen molar-refractivity contribution in [3.8, 4) is 24.3 Å². The number of aromatic nitrogens is 1. The summed E-state index contributed by atoms with van der Waals surface area (Å²) in [6, 6.07) is 19.5. The van der Waals surface area contributed by atoms with Crippen molar-refractivity contribution in [1.82, 2.24) is 0 Å². The summed E-state index contributed by atoms with van der Waals surface area (Å²) >= 11 is 0. The molecule has 234 valence electrons. The van der Waals surface area contributed by atoms with Crippen molar-refractivity contribution in [1.29, 1.82) is 21.0 Å². The van der Waals surface area contributed by atoms with Crippen LogP contribution in [0.2, 0.25) is 0 Å². The molecule has 0 saturated heterocycles. The summed E-state index contributed by atoms with van der Waals surface area (Å²) in [6.45, 7) is 3.48. The van der Waals surface area contributed by atoms with Crippen LogP contribution in [-0.2, 0) is 6.54 Å². The van der Waals surface area contributed by atoms with E-state index in [2.05, 4.69) is 42.1 Å². The zero-order valence-corrected chi connectivity index (χ0v) is 27.3. The second-order valence-electron chi connectivity index (χ2n) is 11.6. The maximum Gasteiger partial charge on any atom is 0.168 e. The van der Waals surface area contributed by atoms with Gasteiger partial charge in [0.2, 0.25) is 0 Å². The van der Waals surface area contributed by atoms with Crippen LogP contribution in [0.25, 0.3) is 11.1 Å². The number of rotatable bonds is 21. The Morgan fingerprint density at radius 2 is 0.750 bits per heavy atom. The molecule has 2 aromatic rings. The van der Waals surface area contributed by atoms with Crippen LogP contribution in [0, 0.1) is 45.3 Å². The van der Waals surface area contributed by atoms with Gasteiger partial charge in [0.05, 0.1) is 0 Å². The Morgan fingerprint density at radius 1 is 0.455 bits per heavy atom. The minimum atomic E-state index is 0.00187. The topological polar surface area (TPSA) is 99.0 Å². The lowest BCUT2D eigenvalue weighted by Crippen LogP contribution is -2.32. The molecule has 1 aromatic heterocycles. The molecule has 0 spiro atoms. The first kappa shape index (κ1) is 38.1. The fourth-order valence-electron chi connectivity index (χ4n) is 5.24. The average Bonchev–Trinajstić information content (AvgIpc) is 3.06. The summed E-state index contributed by atoms with van der Waals surface area (Å²) in [4.78, 5) is 0. The Morgan fingerprint density at radius 3 is 1.05 bits per heavy atom. The van der Waals surface area contributed by atoms with Gasteiger partial charge in [-0.05, 0) is 6.42 Å². The first-order chi connectivity index (χ1) is 21.7. The van der Waals surface area contributed by atoms with Gasteiger partial charge in [0, 0.05) is 29.0 Å². The van der Waals surface area contributed by atoms with Crippen LogP contribution in [0.15, 0.2) is 54.9 Å². The van der Waals surface area contributed by atoms with Crippen molar-refractivity contribution in [2.75, 3.05) is 0 Å². The third kappa shape index (κ3) is 19.3. The number of unbranched alkanes of at least 4 members (excludes halogenated alkanes) is 19. The minimum absolute atomic E-state index is 0.00187. The van der Waals surface area contributed by atoms with E-state index in [9.17, 15) is 0 Å². The Kier molecular flexibility index (Phi) is 24.1. The Balaban J connectivity index is 0.000000511. The molecular weight excluding hydrogens is 538 g/mol. The van der Waals surface area contributed by atoms with E-state index < -0.39 is 0 Å². The Bertz CT molecular complexity index is 1180. The number of nitriles is 4. The molecule has 0 bridgehead atoms. The summed E-state index contributed by atoms with van der Waals surface area (Å²) in [7, 11) is 0. The molecular formula is C39H54N5+. The van der Waals surface area contributed by atoms with Gasteiger partial charge < -0.3 is 0 Å². The number of hydrogen-bond acceptors (Lipinski definition) is 4. The van der Waals surface area contributed by atoms with Crippen LogP contribution in [0.4, 0.5) is 0 Å². The highest BCUT2D eigenvalue weighted by atomic mass is 14.9. The second kappa shape index (κ2) is 27.9. The van der Waals surface area contributed by atoms with E-state index in [0.717, 1.165) is 0 Å². The van der Waals surface area contributed by atoms with Gasteiger partial charge in [0.25, 0.3) is 0 Å². The quantitative estimate of drug-likeness (QED) is 0.107. The molecule has 1 aromatic carbocycles. The van der Waals surface area contributed by atoms with Crippen molar-refractivity contribution in [3.63, 3.8) is 0 Å². The van der Waals surface area contributed by atoms with Gasteiger partial charge in [0.1, 0.15) is 42.0 Å². The zero-order valence-electron chi connectivity index (χ0n) is 27.3. The predicted molar refractivity (Wildman–Crippen MR) is 180 cm³/mol. The third-order valence-electron chi connectivity index (χ3n) is 7.96. The zero-order chi connectivity index (χ0) is 31.9. The van der Waals surface area contributed by atoms with Crippen LogP contribution in [0.5, 0.6) is 0 Å². The first-order valence-corrected chi connectivity index (χ1v) is 17.1. The molecule has 0 atom stereocenters. The fraction of sp³-hybridized carbons (Fsp3) is 0.564. The van der Waals surface area contributed by atoms with E-state index in [1.54, 1.807) is 24.3 Å². The van der Waals surface area contributed by atoms with Crippen LogP contribution < -0.4 is 15.0 Å². The van der Waals surface area contributed by atoms with Crippen molar-refractivity contribution >= 4 is 11.1 Å². The summed E-state index contributed by atoms with van der Waals surface area (Å²) < 4.78 is 2.30. The van der Waals surface area contributed by atoms with Crippen molar-refractivity contribution < 1.29 is 4.57 Å². The standard InChI is InChI=1S/C27H50N.C12H4N4/c1-2-3-4-5-6-7-8-9-10-11-12-13-14-15-16-17-18-19-20-22-25-28-26-23-21-24-27-28;13-5-11(6-14)9-1-2-10(4-3-9)12(7-15)8-16/h21,23-24,26-27H,2-20,22,25H2,1H3;1-4H/q+1;. The number of hydrogen-bond donors (Lipinski definition) is 0. The van der Waals surface area contributed by atoms with Crippen LogP contribution >= 0.6 is 0 Å². The highest BCUT2D eigenvalue weighted by Crippen LogP contribution is 2.14. The van der Waals surface area contributed by atoms with Crippen LogP contribution in [0.3, 0.4) is 0 Å². The fourth-order valence-corrected chi connectivity index (χ4v) is 5.24. The average molecular weight is 593 g/mol. The monoisotopic (exact) mass is 592 g/mol. The molecule has 44 heavy (non-hydrogen) atoms. The molecule has 0 amide bonds. The third-order valence-corrected chi connectivity index (χ3v) is 7.96. The molecule has 2 rings (SSSR count). The molecule has 0 saturated carbocycles. The Labute approximate surface area is 267 Å². The number of benzene rings is 1. The van der Waals surface area contributed by atoms with Gasteiger partial charge in [-0.2, -0.15) is 21.0 Å². The summed E-state index contributed by atoms with van der Waals surface area (Å²) in [5.74, 6) is 0. The summed E-state index contributed by atoms with van der Waals surface area (Å²) in [5, 5.41) is 35.5. The van der Waals surface area contributed by atoms with Gasteiger partial charge in [-0.25, -0.2) is 4.57 Å². The molecule has 5 heteroatoms. The summed E-state index contributed by atoms with van der Waals surface area (Å²) in [5.41, 5.74) is 0.00373. The van der Waals surface area contributed by atoms with E-state index in [0.29, 0.717) is 10.4 Å². The largest absolute Gasteiger partial charge is 0.205 e. The molecule has 0 N–H and O–H groups in total. The van der Waals surface area contributed by atoms with E-state index in [4.69, 9.17) is 21.0 Å². The molecule has 0 fully saturated rings. The maximum absolute atomic E-state index is 8.63. The molecule has 0 unspecified atom stereocenters. The number of aryl methyl sites for hydroxylation is 1. The SMILES string of the molecule is CCCCCCCCCCCCCCCCCCCCCC[n+]1ccccc1.N#CC(C#N)=c1ccc(=C(C#N)C#N)cc1. The highest BCUT2D eigenvalue weighted by molar-refractivity contribution is 5.74. The lowest BCUT2D eigenvalue weighted by molar-refractivity contribution is -0.697. The number of nitrogens with zero attached hydrogens (tertiary/aromatic N) is 5. The van der Waals surface area contributed by atoms with Gasteiger partial charge in [-0.3, -0.25) is 0 Å². The van der Waals surface area contributed by atoms with E-state index in [-0.39, 0.29) is 11.1 Å². The molecule has 0 aliphatic carbocycles. The highest BCUT2D eigenvalue weighted by Gasteiger charge is 1.99. The van der Waals surface area contributed by atoms with Crippen molar-refractivity contribution in [3.05, 3.63) is 65.3 Å². The smallest absolute Gasteiger partial charge is 0.168 e. The number of pyridine rings is 1. The molecule has 0 radical (unpaired) electrons. The lowest BCUT2D eigenvalue weighted by atomic mass is 10.0. The van der Waals surface area contributed by atoms with Crippen LogP contribution in [-0.4, -0.2) is 0 Å². The molecule has 5 nitrogen and oxygen atoms in total. The maximum atomic E-state index is 8.63. The van der Waals surface area contributed by atoms with Gasteiger partial charge in [0.15, 0.2) is 12.4 Å². The van der Waals surface area contributed by atoms with Gasteiger partial charge >= 0.3 is 0 Å².